The van der Waals surface area contributed by atoms with E-state index in [0.29, 0.717) is 0 Å². The molecule has 0 aromatic heterocycles. The van der Waals surface area contributed by atoms with Gasteiger partial charge >= 0.3 is 0 Å². The topological polar surface area (TPSA) is 66.8 Å². The second-order valence-corrected chi connectivity index (χ2v) is 14.1. The number of hydrogen-bond donors (Lipinski definition) is 1. The fraction of sp³-hybridized carbons (Fsp3) is 0.442. The zero-order chi connectivity index (χ0) is 34.3. The van der Waals surface area contributed by atoms with E-state index in [1.165, 1.54) is 56.9 Å². The van der Waals surface area contributed by atoms with Gasteiger partial charge in [-0.1, -0.05) is 128 Å². The average Bonchev–Trinajstić information content (AvgIpc) is 3.32. The first kappa shape index (κ1) is 35.2. The highest BCUT2D eigenvalue weighted by atomic mass is 16.5. The van der Waals surface area contributed by atoms with Crippen molar-refractivity contribution in [2.45, 2.75) is 117 Å². The summed E-state index contributed by atoms with van der Waals surface area (Å²) in [7, 11) is 0. The molecule has 254 valence electrons. The Morgan fingerprint density at radius 3 is 1.81 bits per heavy atom. The van der Waals surface area contributed by atoms with Crippen LogP contribution in [0.4, 0.5) is 5.69 Å². The number of nitrogens with zero attached hydrogens (tertiary/aromatic N) is 1. The summed E-state index contributed by atoms with van der Waals surface area (Å²) in [5.41, 5.74) is 6.11. The summed E-state index contributed by atoms with van der Waals surface area (Å²) in [6.07, 6.45) is 15.6. The van der Waals surface area contributed by atoms with Gasteiger partial charge in [-0.15, -0.1) is 0 Å². The molecule has 0 aliphatic carbocycles. The van der Waals surface area contributed by atoms with Gasteiger partial charge in [0.05, 0.1) is 11.7 Å². The molecule has 5 rings (SSSR count). The Labute approximate surface area is 287 Å². The first-order valence-electron chi connectivity index (χ1n) is 18.2. The van der Waals surface area contributed by atoms with Crippen LogP contribution in [0.25, 0.3) is 28.3 Å². The zero-order valence-electron chi connectivity index (χ0n) is 29.6. The minimum Gasteiger partial charge on any atom is -0.504 e. The SMILES string of the molecule is CCCCCCCCCCCCN1/C(=C/c2c(O)c(=O)c2=O)C(C)(C)c2cc(-c3ccc(-c4ccc(OC(C)CC)cc4)cc3)ccc21. The van der Waals surface area contributed by atoms with E-state index in [0.717, 1.165) is 65.2 Å². The van der Waals surface area contributed by atoms with Gasteiger partial charge in [0.2, 0.25) is 5.43 Å². The van der Waals surface area contributed by atoms with E-state index in [2.05, 4.69) is 94.1 Å². The molecule has 4 aromatic carbocycles. The van der Waals surface area contributed by atoms with Crippen LogP contribution in [-0.2, 0) is 5.41 Å². The Bertz CT molecular complexity index is 1760. The second kappa shape index (κ2) is 15.9. The Morgan fingerprint density at radius 2 is 1.25 bits per heavy atom. The van der Waals surface area contributed by atoms with Crippen molar-refractivity contribution in [2.75, 3.05) is 11.4 Å². The molecule has 0 saturated heterocycles. The predicted octanol–water partition coefficient (Wildman–Crippen LogP) is 10.6. The Hall–Kier alpha value is -4.12. The minimum absolute atomic E-state index is 0.124. The Morgan fingerprint density at radius 1 is 0.729 bits per heavy atom. The molecule has 0 fully saturated rings. The molecule has 0 radical (unpaired) electrons. The third-order valence-corrected chi connectivity index (χ3v) is 10.1. The van der Waals surface area contributed by atoms with Gasteiger partial charge in [-0.3, -0.25) is 9.59 Å². The van der Waals surface area contributed by atoms with Crippen molar-refractivity contribution in [1.29, 1.82) is 0 Å². The number of rotatable bonds is 17. The van der Waals surface area contributed by atoms with Gasteiger partial charge in [0.25, 0.3) is 5.43 Å². The van der Waals surface area contributed by atoms with Gasteiger partial charge in [-0.2, -0.15) is 0 Å². The molecule has 1 atom stereocenters. The number of hydrogen-bond acceptors (Lipinski definition) is 5. The van der Waals surface area contributed by atoms with E-state index in [4.69, 9.17) is 4.74 Å². The molecule has 5 heteroatoms. The normalized spacial score (nSPS) is 15.3. The second-order valence-electron chi connectivity index (χ2n) is 14.1. The lowest BCUT2D eigenvalue weighted by molar-refractivity contribution is 0.217. The summed E-state index contributed by atoms with van der Waals surface area (Å²) >= 11 is 0. The van der Waals surface area contributed by atoms with Crippen LogP contribution < -0.4 is 20.5 Å². The largest absolute Gasteiger partial charge is 0.504 e. The van der Waals surface area contributed by atoms with Crippen LogP contribution >= 0.6 is 0 Å². The lowest BCUT2D eigenvalue weighted by Crippen LogP contribution is -2.34. The molecular formula is C43H53NO4. The average molecular weight is 648 g/mol. The maximum absolute atomic E-state index is 12.4. The van der Waals surface area contributed by atoms with Gasteiger partial charge in [0.15, 0.2) is 5.75 Å². The van der Waals surface area contributed by atoms with Crippen molar-refractivity contribution in [3.8, 4) is 33.8 Å². The molecule has 1 heterocycles. The highest BCUT2D eigenvalue weighted by Crippen LogP contribution is 2.50. The summed E-state index contributed by atoms with van der Waals surface area (Å²) in [6.45, 7) is 11.6. The van der Waals surface area contributed by atoms with Crippen LogP contribution in [0, 0.1) is 0 Å². The maximum atomic E-state index is 12.4. The van der Waals surface area contributed by atoms with E-state index in [9.17, 15) is 14.7 Å². The van der Waals surface area contributed by atoms with Crippen LogP contribution in [0.1, 0.15) is 116 Å². The predicted molar refractivity (Wildman–Crippen MR) is 201 cm³/mol. The number of unbranched alkanes of at least 4 members (excludes halogenated alkanes) is 9. The number of anilines is 1. The van der Waals surface area contributed by atoms with Crippen LogP contribution in [-0.4, -0.2) is 17.8 Å². The maximum Gasteiger partial charge on any atom is 0.268 e. The van der Waals surface area contributed by atoms with Crippen LogP contribution in [0.5, 0.6) is 11.5 Å². The highest BCUT2D eigenvalue weighted by Gasteiger charge is 2.41. The number of fused-ring (bicyclic) bond motifs is 1. The lowest BCUT2D eigenvalue weighted by atomic mass is 9.82. The van der Waals surface area contributed by atoms with Gasteiger partial charge in [0.1, 0.15) is 5.75 Å². The van der Waals surface area contributed by atoms with Crippen molar-refractivity contribution in [3.63, 3.8) is 0 Å². The molecule has 1 unspecified atom stereocenters. The molecule has 1 N–H and O–H groups in total. The highest BCUT2D eigenvalue weighted by molar-refractivity contribution is 5.81. The fourth-order valence-electron chi connectivity index (χ4n) is 6.88. The van der Waals surface area contributed by atoms with E-state index >= 15 is 0 Å². The lowest BCUT2D eigenvalue weighted by Gasteiger charge is -2.27. The molecular weight excluding hydrogens is 594 g/mol. The van der Waals surface area contributed by atoms with Gasteiger partial charge in [-0.25, -0.2) is 0 Å². The third-order valence-electron chi connectivity index (χ3n) is 10.1. The summed E-state index contributed by atoms with van der Waals surface area (Å²) < 4.78 is 5.95. The molecule has 0 saturated carbocycles. The smallest absolute Gasteiger partial charge is 0.268 e. The van der Waals surface area contributed by atoms with E-state index in [-0.39, 0.29) is 11.7 Å². The van der Waals surface area contributed by atoms with Crippen molar-refractivity contribution in [1.82, 2.24) is 0 Å². The monoisotopic (exact) mass is 647 g/mol. The summed E-state index contributed by atoms with van der Waals surface area (Å²) in [5, 5.41) is 10.2. The van der Waals surface area contributed by atoms with Crippen LogP contribution in [0.3, 0.4) is 0 Å². The summed E-state index contributed by atoms with van der Waals surface area (Å²) in [4.78, 5) is 26.6. The van der Waals surface area contributed by atoms with Crippen molar-refractivity contribution in [2.24, 2.45) is 0 Å². The van der Waals surface area contributed by atoms with Crippen LogP contribution in [0.15, 0.2) is 82.0 Å². The Balaban J connectivity index is 1.33. The number of allylic oxidation sites excluding steroid dienone is 1. The van der Waals surface area contributed by atoms with Gasteiger partial charge < -0.3 is 14.7 Å². The fourth-order valence-corrected chi connectivity index (χ4v) is 6.88. The van der Waals surface area contributed by atoms with Crippen molar-refractivity contribution >= 4 is 11.8 Å². The number of aromatic hydroxyl groups is 1. The zero-order valence-corrected chi connectivity index (χ0v) is 29.6. The molecule has 0 bridgehead atoms. The van der Waals surface area contributed by atoms with Gasteiger partial charge in [0, 0.05) is 23.3 Å². The summed E-state index contributed by atoms with van der Waals surface area (Å²) in [6, 6.07) is 23.6. The van der Waals surface area contributed by atoms with E-state index < -0.39 is 22.0 Å². The quantitative estimate of drug-likeness (QED) is 0.0912. The first-order chi connectivity index (χ1) is 23.1. The standard InChI is InChI=1S/C43H53NO4/c1-6-8-9-10-11-12-13-14-15-16-27-44-38-26-23-34(28-37(38)43(4,5)39(44)29-36-40(45)42(47)41(36)46)33-19-17-31(18-20-33)32-21-24-35(25-22-32)48-30(3)7-2/h17-26,28-30,45H,6-16,27H2,1-5H3/b39-29+. The molecule has 1 aliphatic rings. The molecule has 0 amide bonds. The Kier molecular flexibility index (Phi) is 11.6. The summed E-state index contributed by atoms with van der Waals surface area (Å²) in [5.74, 6) is 0.470. The van der Waals surface area contributed by atoms with Gasteiger partial charge in [-0.05, 0) is 77.9 Å². The molecule has 48 heavy (non-hydrogen) atoms. The molecule has 1 aliphatic heterocycles. The number of ether oxygens (including phenoxy) is 1. The van der Waals surface area contributed by atoms with Crippen molar-refractivity contribution < 1.29 is 9.84 Å². The van der Waals surface area contributed by atoms with E-state index in [1.54, 1.807) is 6.08 Å². The third kappa shape index (κ3) is 7.77. The molecule has 0 spiro atoms. The first-order valence-corrected chi connectivity index (χ1v) is 18.2. The van der Waals surface area contributed by atoms with E-state index in [1.807, 2.05) is 12.1 Å². The van der Waals surface area contributed by atoms with Crippen LogP contribution in [0.2, 0.25) is 0 Å². The van der Waals surface area contributed by atoms with Crippen molar-refractivity contribution in [3.05, 3.63) is 104 Å². The number of benzene rings is 3. The molecule has 4 aromatic rings. The molecule has 5 nitrogen and oxygen atoms in total. The minimum atomic E-state index is -0.794.